The van der Waals surface area contributed by atoms with Crippen LogP contribution in [0.25, 0.3) is 0 Å². The van der Waals surface area contributed by atoms with Gasteiger partial charge in [0.1, 0.15) is 0 Å². The standard InChI is InChI=1S/C20H28N6O/c1-16-5-2-3-6-17(16)19-7-4-10-26(19)20(27)18-15-25(23-22-18)14-13-24-11-8-21-9-12-24/h2-3,5-6,15,19,21H,4,7-14H2,1H3. The summed E-state index contributed by atoms with van der Waals surface area (Å²) in [5, 5.41) is 11.7. The van der Waals surface area contributed by atoms with E-state index < -0.39 is 0 Å². The Balaban J connectivity index is 1.41. The molecule has 2 aromatic rings. The van der Waals surface area contributed by atoms with Gasteiger partial charge in [-0.2, -0.15) is 0 Å². The van der Waals surface area contributed by atoms with Crippen molar-refractivity contribution in [2.24, 2.45) is 0 Å². The fourth-order valence-electron chi connectivity index (χ4n) is 4.13. The van der Waals surface area contributed by atoms with Gasteiger partial charge in [-0.1, -0.05) is 29.5 Å². The van der Waals surface area contributed by atoms with Crippen LogP contribution in [0.1, 0.15) is 40.5 Å². The average molecular weight is 368 g/mol. The molecule has 3 heterocycles. The van der Waals surface area contributed by atoms with Gasteiger partial charge in [0.15, 0.2) is 5.69 Å². The molecule has 0 bridgehead atoms. The molecule has 1 aromatic heterocycles. The highest BCUT2D eigenvalue weighted by molar-refractivity contribution is 5.92. The fourth-order valence-corrected chi connectivity index (χ4v) is 4.13. The molecular weight excluding hydrogens is 340 g/mol. The Bertz CT molecular complexity index is 782. The molecule has 1 unspecified atom stereocenters. The van der Waals surface area contributed by atoms with Gasteiger partial charge in [0.2, 0.25) is 0 Å². The smallest absolute Gasteiger partial charge is 0.276 e. The van der Waals surface area contributed by atoms with E-state index in [9.17, 15) is 4.79 Å². The third-order valence-corrected chi connectivity index (χ3v) is 5.67. The van der Waals surface area contributed by atoms with E-state index in [2.05, 4.69) is 45.7 Å². The minimum absolute atomic E-state index is 0.00539. The van der Waals surface area contributed by atoms with Crippen LogP contribution in [0.3, 0.4) is 0 Å². The SMILES string of the molecule is Cc1ccccc1C1CCCN1C(=O)c1cn(CCN2CCNCC2)nn1. The highest BCUT2D eigenvalue weighted by Gasteiger charge is 2.32. The van der Waals surface area contributed by atoms with Gasteiger partial charge in [-0.3, -0.25) is 14.4 Å². The summed E-state index contributed by atoms with van der Waals surface area (Å²) < 4.78 is 1.80. The third kappa shape index (κ3) is 4.04. The molecule has 1 aromatic carbocycles. The van der Waals surface area contributed by atoms with Crippen molar-refractivity contribution in [3.05, 3.63) is 47.3 Å². The van der Waals surface area contributed by atoms with Crippen LogP contribution in [0.2, 0.25) is 0 Å². The van der Waals surface area contributed by atoms with E-state index >= 15 is 0 Å². The monoisotopic (exact) mass is 368 g/mol. The van der Waals surface area contributed by atoms with E-state index in [4.69, 9.17) is 0 Å². The van der Waals surface area contributed by atoms with Crippen LogP contribution in [-0.2, 0) is 6.54 Å². The Morgan fingerprint density at radius 1 is 1.19 bits per heavy atom. The molecule has 2 saturated heterocycles. The van der Waals surface area contributed by atoms with Crippen LogP contribution in [0.4, 0.5) is 0 Å². The van der Waals surface area contributed by atoms with Gasteiger partial charge < -0.3 is 10.2 Å². The topological polar surface area (TPSA) is 66.3 Å². The molecular formula is C20H28N6O. The quantitative estimate of drug-likeness (QED) is 0.866. The predicted molar refractivity (Wildman–Crippen MR) is 104 cm³/mol. The molecule has 1 atom stereocenters. The highest BCUT2D eigenvalue weighted by atomic mass is 16.2. The van der Waals surface area contributed by atoms with Gasteiger partial charge in [0, 0.05) is 39.3 Å². The Kier molecular flexibility index (Phi) is 5.50. The zero-order valence-electron chi connectivity index (χ0n) is 16.0. The van der Waals surface area contributed by atoms with Crippen molar-refractivity contribution >= 4 is 5.91 Å². The van der Waals surface area contributed by atoms with Gasteiger partial charge >= 0.3 is 0 Å². The fraction of sp³-hybridized carbons (Fsp3) is 0.550. The van der Waals surface area contributed by atoms with E-state index in [1.165, 1.54) is 11.1 Å². The summed E-state index contributed by atoms with van der Waals surface area (Å²) in [6.45, 7) is 8.80. The number of hydrogen-bond acceptors (Lipinski definition) is 5. The van der Waals surface area contributed by atoms with Gasteiger partial charge in [-0.15, -0.1) is 5.10 Å². The molecule has 2 aliphatic rings. The summed E-state index contributed by atoms with van der Waals surface area (Å²) in [7, 11) is 0. The van der Waals surface area contributed by atoms with Gasteiger partial charge in [-0.25, -0.2) is 0 Å². The maximum atomic E-state index is 13.1. The third-order valence-electron chi connectivity index (χ3n) is 5.67. The molecule has 2 fully saturated rings. The molecule has 4 rings (SSSR count). The first-order chi connectivity index (χ1) is 13.2. The summed E-state index contributed by atoms with van der Waals surface area (Å²) in [5.41, 5.74) is 2.94. The number of piperazine rings is 1. The maximum Gasteiger partial charge on any atom is 0.276 e. The second-order valence-corrected chi connectivity index (χ2v) is 7.47. The number of benzene rings is 1. The Morgan fingerprint density at radius 2 is 2.00 bits per heavy atom. The van der Waals surface area contributed by atoms with Crippen LogP contribution < -0.4 is 5.32 Å². The molecule has 7 nitrogen and oxygen atoms in total. The van der Waals surface area contributed by atoms with Crippen LogP contribution >= 0.6 is 0 Å². The summed E-state index contributed by atoms with van der Waals surface area (Å²) in [4.78, 5) is 17.4. The van der Waals surface area contributed by atoms with E-state index in [-0.39, 0.29) is 11.9 Å². The molecule has 144 valence electrons. The number of amides is 1. The normalized spacial score (nSPS) is 20.9. The number of carbonyl (C=O) groups is 1. The number of aromatic nitrogens is 3. The van der Waals surface area contributed by atoms with Gasteiger partial charge in [0.25, 0.3) is 5.91 Å². The minimum atomic E-state index is -0.00539. The molecule has 1 amide bonds. The van der Waals surface area contributed by atoms with Crippen molar-refractivity contribution in [3.63, 3.8) is 0 Å². The van der Waals surface area contributed by atoms with E-state index in [1.807, 2.05) is 11.0 Å². The molecule has 0 radical (unpaired) electrons. The van der Waals surface area contributed by atoms with E-state index in [0.29, 0.717) is 5.69 Å². The first-order valence-electron chi connectivity index (χ1n) is 9.92. The summed E-state index contributed by atoms with van der Waals surface area (Å²) in [6, 6.07) is 8.49. The largest absolute Gasteiger partial charge is 0.330 e. The Morgan fingerprint density at radius 3 is 2.81 bits per heavy atom. The molecule has 2 aliphatic heterocycles. The lowest BCUT2D eigenvalue weighted by Crippen LogP contribution is -2.44. The molecule has 7 heteroatoms. The summed E-state index contributed by atoms with van der Waals surface area (Å²) >= 11 is 0. The van der Waals surface area contributed by atoms with Gasteiger partial charge in [-0.05, 0) is 30.9 Å². The average Bonchev–Trinajstić information content (AvgIpc) is 3.37. The maximum absolute atomic E-state index is 13.1. The Labute approximate surface area is 160 Å². The second kappa shape index (κ2) is 8.19. The minimum Gasteiger partial charge on any atom is -0.330 e. The molecule has 27 heavy (non-hydrogen) atoms. The number of carbonyl (C=O) groups excluding carboxylic acids is 1. The van der Waals surface area contributed by atoms with Crippen molar-refractivity contribution < 1.29 is 4.79 Å². The van der Waals surface area contributed by atoms with E-state index in [1.54, 1.807) is 10.9 Å². The number of hydrogen-bond donors (Lipinski definition) is 1. The first-order valence-corrected chi connectivity index (χ1v) is 9.92. The summed E-state index contributed by atoms with van der Waals surface area (Å²) in [5.74, 6) is -0.00539. The first kappa shape index (κ1) is 18.1. The van der Waals surface area contributed by atoms with Crippen LogP contribution in [0.15, 0.2) is 30.5 Å². The van der Waals surface area contributed by atoms with Crippen molar-refractivity contribution in [1.82, 2.24) is 30.1 Å². The second-order valence-electron chi connectivity index (χ2n) is 7.47. The number of rotatable bonds is 5. The van der Waals surface area contributed by atoms with E-state index in [0.717, 1.165) is 58.7 Å². The predicted octanol–water partition coefficient (Wildman–Crippen LogP) is 1.47. The lowest BCUT2D eigenvalue weighted by Gasteiger charge is -2.26. The van der Waals surface area contributed by atoms with Crippen LogP contribution in [0, 0.1) is 6.92 Å². The number of likely N-dealkylation sites (tertiary alicyclic amines) is 1. The van der Waals surface area contributed by atoms with Crippen molar-refractivity contribution in [1.29, 1.82) is 0 Å². The summed E-state index contributed by atoms with van der Waals surface area (Å²) in [6.07, 6.45) is 3.84. The Hall–Kier alpha value is -2.25. The van der Waals surface area contributed by atoms with Gasteiger partial charge in [0.05, 0.1) is 18.8 Å². The lowest BCUT2D eigenvalue weighted by molar-refractivity contribution is 0.0729. The van der Waals surface area contributed by atoms with Crippen LogP contribution in [0.5, 0.6) is 0 Å². The molecule has 1 N–H and O–H groups in total. The molecule has 0 spiro atoms. The van der Waals surface area contributed by atoms with Crippen molar-refractivity contribution in [2.75, 3.05) is 39.3 Å². The molecule has 0 aliphatic carbocycles. The number of aryl methyl sites for hydroxylation is 1. The number of nitrogens with one attached hydrogen (secondary N) is 1. The highest BCUT2D eigenvalue weighted by Crippen LogP contribution is 2.34. The van der Waals surface area contributed by atoms with Crippen molar-refractivity contribution in [3.8, 4) is 0 Å². The zero-order chi connectivity index (χ0) is 18.6. The number of nitrogens with zero attached hydrogens (tertiary/aromatic N) is 5. The zero-order valence-corrected chi connectivity index (χ0v) is 16.0. The van der Waals surface area contributed by atoms with Crippen molar-refractivity contribution in [2.45, 2.75) is 32.4 Å². The molecule has 0 saturated carbocycles. The lowest BCUT2D eigenvalue weighted by atomic mass is 9.99. The van der Waals surface area contributed by atoms with Crippen LogP contribution in [-0.4, -0.2) is 70.0 Å².